The molecule has 1 heterocycles. The zero-order chi connectivity index (χ0) is 19.4. The molecule has 0 fully saturated rings. The Balaban J connectivity index is 1.63. The molecule has 2 aromatic carbocycles. The third-order valence-electron chi connectivity index (χ3n) is 3.84. The number of anilines is 1. The number of sulfone groups is 1. The van der Waals surface area contributed by atoms with Crippen LogP contribution in [0.2, 0.25) is 0 Å². The van der Waals surface area contributed by atoms with Crippen LogP contribution in [0.4, 0.5) is 6.01 Å². The molecule has 0 aliphatic carbocycles. The van der Waals surface area contributed by atoms with E-state index in [1.54, 1.807) is 18.2 Å². The van der Waals surface area contributed by atoms with Gasteiger partial charge in [0.05, 0.1) is 10.6 Å². The number of carbonyl (C=O) groups is 1. The highest BCUT2D eigenvalue weighted by atomic mass is 32.2. The monoisotopic (exact) mass is 385 g/mol. The normalized spacial score (nSPS) is 11.3. The van der Waals surface area contributed by atoms with Gasteiger partial charge in [0.15, 0.2) is 9.84 Å². The number of carbonyl (C=O) groups excluding carboxylic acids is 1. The lowest BCUT2D eigenvalue weighted by molar-refractivity contribution is -0.115. The van der Waals surface area contributed by atoms with Crippen LogP contribution in [0.1, 0.15) is 17.5 Å². The summed E-state index contributed by atoms with van der Waals surface area (Å²) in [6.45, 7) is 3.92. The van der Waals surface area contributed by atoms with Crippen molar-refractivity contribution in [3.8, 4) is 11.5 Å². The standard InChI is InChI=1S/C19H19N3O4S/c1-13-10-14(2)12-15(11-13)18-21-22-19(26-18)20-17(23)8-9-27(24,25)16-6-4-3-5-7-16/h3-7,10-12H,8-9H2,1-2H3,(H,20,22,23). The number of aromatic nitrogens is 2. The van der Waals surface area contributed by atoms with E-state index in [0.29, 0.717) is 0 Å². The van der Waals surface area contributed by atoms with Crippen LogP contribution in [-0.2, 0) is 14.6 Å². The van der Waals surface area contributed by atoms with Crippen molar-refractivity contribution in [2.45, 2.75) is 25.2 Å². The van der Waals surface area contributed by atoms with E-state index in [2.05, 4.69) is 15.5 Å². The summed E-state index contributed by atoms with van der Waals surface area (Å²) >= 11 is 0. The maximum Gasteiger partial charge on any atom is 0.322 e. The SMILES string of the molecule is Cc1cc(C)cc(-c2nnc(NC(=O)CCS(=O)(=O)c3ccccc3)o2)c1. The first-order chi connectivity index (χ1) is 12.8. The molecule has 0 saturated heterocycles. The summed E-state index contributed by atoms with van der Waals surface area (Å²) in [5, 5.41) is 10.2. The molecule has 27 heavy (non-hydrogen) atoms. The van der Waals surface area contributed by atoms with Crippen molar-refractivity contribution >= 4 is 21.8 Å². The van der Waals surface area contributed by atoms with E-state index in [0.717, 1.165) is 16.7 Å². The zero-order valence-electron chi connectivity index (χ0n) is 15.0. The Morgan fingerprint density at radius 1 is 1.04 bits per heavy atom. The van der Waals surface area contributed by atoms with E-state index in [-0.39, 0.29) is 29.0 Å². The third kappa shape index (κ3) is 4.79. The lowest BCUT2D eigenvalue weighted by Crippen LogP contribution is -2.17. The van der Waals surface area contributed by atoms with Crippen molar-refractivity contribution in [1.29, 1.82) is 0 Å². The number of rotatable bonds is 6. The second-order valence-corrected chi connectivity index (χ2v) is 8.33. The molecule has 0 bridgehead atoms. The van der Waals surface area contributed by atoms with Gasteiger partial charge in [-0.05, 0) is 38.1 Å². The molecular weight excluding hydrogens is 366 g/mol. The molecule has 0 saturated carbocycles. The van der Waals surface area contributed by atoms with E-state index in [1.807, 2.05) is 32.0 Å². The Labute approximate surface area is 157 Å². The van der Waals surface area contributed by atoms with Crippen LogP contribution in [0.5, 0.6) is 0 Å². The molecule has 0 aliphatic heterocycles. The van der Waals surface area contributed by atoms with Gasteiger partial charge < -0.3 is 4.42 Å². The molecule has 1 amide bonds. The van der Waals surface area contributed by atoms with Gasteiger partial charge in [-0.3, -0.25) is 10.1 Å². The van der Waals surface area contributed by atoms with Gasteiger partial charge in [0.25, 0.3) is 0 Å². The Bertz CT molecular complexity index is 1040. The van der Waals surface area contributed by atoms with Crippen molar-refractivity contribution < 1.29 is 17.6 Å². The summed E-state index contributed by atoms with van der Waals surface area (Å²) in [6, 6.07) is 13.8. The molecule has 3 rings (SSSR count). The molecule has 3 aromatic rings. The molecule has 1 N–H and O–H groups in total. The molecule has 140 valence electrons. The Hall–Kier alpha value is -3.00. The van der Waals surface area contributed by atoms with E-state index < -0.39 is 15.7 Å². The van der Waals surface area contributed by atoms with Crippen molar-refractivity contribution in [3.63, 3.8) is 0 Å². The highest BCUT2D eigenvalue weighted by Crippen LogP contribution is 2.22. The van der Waals surface area contributed by atoms with Crippen molar-refractivity contribution in [2.75, 3.05) is 11.1 Å². The van der Waals surface area contributed by atoms with Gasteiger partial charge in [-0.15, -0.1) is 5.10 Å². The van der Waals surface area contributed by atoms with Crippen LogP contribution in [0.15, 0.2) is 57.8 Å². The number of hydrogen-bond acceptors (Lipinski definition) is 6. The van der Waals surface area contributed by atoms with Crippen LogP contribution >= 0.6 is 0 Å². The van der Waals surface area contributed by atoms with Gasteiger partial charge in [-0.2, -0.15) is 0 Å². The topological polar surface area (TPSA) is 102 Å². The molecule has 1 aromatic heterocycles. The number of benzene rings is 2. The first kappa shape index (κ1) is 18.8. The van der Waals surface area contributed by atoms with Gasteiger partial charge in [-0.1, -0.05) is 40.5 Å². The fraction of sp³-hybridized carbons (Fsp3) is 0.211. The van der Waals surface area contributed by atoms with Gasteiger partial charge in [0.1, 0.15) is 0 Å². The lowest BCUT2D eigenvalue weighted by Gasteiger charge is -2.04. The van der Waals surface area contributed by atoms with E-state index >= 15 is 0 Å². The quantitative estimate of drug-likeness (QED) is 0.699. The van der Waals surface area contributed by atoms with Crippen molar-refractivity contribution in [2.24, 2.45) is 0 Å². The summed E-state index contributed by atoms with van der Waals surface area (Å²) in [7, 11) is -3.52. The van der Waals surface area contributed by atoms with Gasteiger partial charge in [-0.25, -0.2) is 8.42 Å². The maximum absolute atomic E-state index is 12.2. The van der Waals surface area contributed by atoms with Crippen molar-refractivity contribution in [1.82, 2.24) is 10.2 Å². The Morgan fingerprint density at radius 2 is 1.70 bits per heavy atom. The molecule has 8 heteroatoms. The second kappa shape index (κ2) is 7.71. The highest BCUT2D eigenvalue weighted by molar-refractivity contribution is 7.91. The van der Waals surface area contributed by atoms with E-state index in [4.69, 9.17) is 4.42 Å². The molecular formula is C19H19N3O4S. The molecule has 7 nitrogen and oxygen atoms in total. The van der Waals surface area contributed by atoms with Crippen LogP contribution in [0.3, 0.4) is 0 Å². The molecule has 0 aliphatic rings. The third-order valence-corrected chi connectivity index (χ3v) is 5.57. The maximum atomic E-state index is 12.2. The minimum Gasteiger partial charge on any atom is -0.403 e. The Morgan fingerprint density at radius 3 is 2.37 bits per heavy atom. The zero-order valence-corrected chi connectivity index (χ0v) is 15.8. The van der Waals surface area contributed by atoms with Gasteiger partial charge >= 0.3 is 6.01 Å². The minimum absolute atomic E-state index is 0.0636. The predicted molar refractivity (Wildman–Crippen MR) is 101 cm³/mol. The first-order valence-electron chi connectivity index (χ1n) is 8.33. The van der Waals surface area contributed by atoms with Crippen LogP contribution in [0, 0.1) is 13.8 Å². The average molecular weight is 385 g/mol. The van der Waals surface area contributed by atoms with Crippen molar-refractivity contribution in [3.05, 3.63) is 59.7 Å². The van der Waals surface area contributed by atoms with Crippen LogP contribution in [-0.4, -0.2) is 30.3 Å². The summed E-state index contributed by atoms with van der Waals surface area (Å²) in [5.74, 6) is -0.528. The number of nitrogens with zero attached hydrogens (tertiary/aromatic N) is 2. The number of amides is 1. The predicted octanol–water partition coefficient (Wildman–Crippen LogP) is 3.16. The molecule has 0 unspecified atom stereocenters. The number of aryl methyl sites for hydroxylation is 2. The second-order valence-electron chi connectivity index (χ2n) is 6.22. The largest absolute Gasteiger partial charge is 0.403 e. The lowest BCUT2D eigenvalue weighted by atomic mass is 10.1. The average Bonchev–Trinajstić information content (AvgIpc) is 3.09. The molecule has 0 spiro atoms. The summed E-state index contributed by atoms with van der Waals surface area (Å²) < 4.78 is 29.9. The van der Waals surface area contributed by atoms with Crippen LogP contribution in [0.25, 0.3) is 11.5 Å². The van der Waals surface area contributed by atoms with Gasteiger partial charge in [0, 0.05) is 12.0 Å². The van der Waals surface area contributed by atoms with Crippen LogP contribution < -0.4 is 5.32 Å². The van der Waals surface area contributed by atoms with Gasteiger partial charge in [0.2, 0.25) is 11.8 Å². The van der Waals surface area contributed by atoms with E-state index in [1.165, 1.54) is 12.1 Å². The summed E-state index contributed by atoms with van der Waals surface area (Å²) in [5.41, 5.74) is 2.87. The number of nitrogens with one attached hydrogen (secondary N) is 1. The highest BCUT2D eigenvalue weighted by Gasteiger charge is 2.18. The fourth-order valence-corrected chi connectivity index (χ4v) is 3.90. The summed E-state index contributed by atoms with van der Waals surface area (Å²) in [4.78, 5) is 12.2. The molecule has 0 atom stereocenters. The van der Waals surface area contributed by atoms with E-state index in [9.17, 15) is 13.2 Å². The first-order valence-corrected chi connectivity index (χ1v) is 9.98. The molecule has 0 radical (unpaired) electrons. The number of hydrogen-bond donors (Lipinski definition) is 1. The Kier molecular flexibility index (Phi) is 5.36. The smallest absolute Gasteiger partial charge is 0.322 e. The summed E-state index contributed by atoms with van der Waals surface area (Å²) in [6.07, 6.45) is -0.210. The minimum atomic E-state index is -3.52. The fourth-order valence-electron chi connectivity index (χ4n) is 2.64.